The number of nitrogens with zero attached hydrogens (tertiary/aromatic N) is 1. The summed E-state index contributed by atoms with van der Waals surface area (Å²) in [5.74, 6) is -0.238. The van der Waals surface area contributed by atoms with E-state index in [1.807, 2.05) is 6.92 Å². The van der Waals surface area contributed by atoms with Gasteiger partial charge in [-0.2, -0.15) is 0 Å². The number of carbonyl (C=O) groups is 1. The maximum atomic E-state index is 11.4. The molecule has 2 N–H and O–H groups in total. The third-order valence-corrected chi connectivity index (χ3v) is 2.72. The lowest BCUT2D eigenvalue weighted by atomic mass is 10.2. The van der Waals surface area contributed by atoms with Crippen LogP contribution in [0.2, 0.25) is 0 Å². The molecule has 0 aliphatic rings. The van der Waals surface area contributed by atoms with Gasteiger partial charge in [0.2, 0.25) is 0 Å². The molecule has 0 saturated heterocycles. The molecule has 1 aromatic carbocycles. The van der Waals surface area contributed by atoms with Crippen LogP contribution in [0.5, 0.6) is 5.75 Å². The van der Waals surface area contributed by atoms with Gasteiger partial charge < -0.3 is 15.4 Å². The molecule has 1 atom stereocenters. The van der Waals surface area contributed by atoms with E-state index < -0.39 is 11.0 Å². The van der Waals surface area contributed by atoms with E-state index in [1.165, 1.54) is 13.1 Å². The summed E-state index contributed by atoms with van der Waals surface area (Å²) in [5.41, 5.74) is 0.706. The normalized spacial score (nSPS) is 11.8. The number of nitrogens with one attached hydrogen (secondary N) is 2. The van der Waals surface area contributed by atoms with Crippen LogP contribution < -0.4 is 15.4 Å². The maximum absolute atomic E-state index is 11.4. The summed E-state index contributed by atoms with van der Waals surface area (Å²) in [5, 5.41) is 16.5. The molecule has 0 fully saturated rings. The van der Waals surface area contributed by atoms with Gasteiger partial charge in [-0.3, -0.25) is 14.9 Å². The molecule has 110 valence electrons. The Morgan fingerprint density at radius 3 is 2.75 bits per heavy atom. The van der Waals surface area contributed by atoms with Gasteiger partial charge in [-0.05, 0) is 25.1 Å². The molecule has 0 heterocycles. The monoisotopic (exact) mass is 281 g/mol. The lowest BCUT2D eigenvalue weighted by Gasteiger charge is -2.14. The van der Waals surface area contributed by atoms with E-state index in [4.69, 9.17) is 4.74 Å². The van der Waals surface area contributed by atoms with Crippen LogP contribution in [0.3, 0.4) is 0 Å². The largest absolute Gasteiger partial charge is 0.474 e. The second kappa shape index (κ2) is 7.44. The zero-order chi connectivity index (χ0) is 15.1. The van der Waals surface area contributed by atoms with Crippen molar-refractivity contribution in [1.29, 1.82) is 0 Å². The molecule has 1 aromatic rings. The Morgan fingerprint density at radius 2 is 2.20 bits per heavy atom. The quantitative estimate of drug-likeness (QED) is 0.579. The van der Waals surface area contributed by atoms with Crippen LogP contribution >= 0.6 is 0 Å². The second-order valence-electron chi connectivity index (χ2n) is 4.21. The summed E-state index contributed by atoms with van der Waals surface area (Å²) in [4.78, 5) is 21.9. The average molecular weight is 281 g/mol. The van der Waals surface area contributed by atoms with E-state index in [-0.39, 0.29) is 17.3 Å². The van der Waals surface area contributed by atoms with E-state index in [0.29, 0.717) is 6.54 Å². The molecule has 7 nitrogen and oxygen atoms in total. The molecule has 7 heteroatoms. The first kappa shape index (κ1) is 15.9. The van der Waals surface area contributed by atoms with Crippen molar-refractivity contribution in [2.75, 3.05) is 13.6 Å². The van der Waals surface area contributed by atoms with E-state index in [2.05, 4.69) is 10.6 Å². The lowest BCUT2D eigenvalue weighted by molar-refractivity contribution is -0.386. The molecule has 0 spiro atoms. The van der Waals surface area contributed by atoms with E-state index in [9.17, 15) is 14.9 Å². The van der Waals surface area contributed by atoms with Crippen molar-refractivity contribution in [3.05, 3.63) is 33.9 Å². The summed E-state index contributed by atoms with van der Waals surface area (Å²) in [6.07, 6.45) is -0.798. The third kappa shape index (κ3) is 4.20. The molecule has 0 aliphatic carbocycles. The predicted molar refractivity (Wildman–Crippen MR) is 74.6 cm³/mol. The van der Waals surface area contributed by atoms with Crippen LogP contribution in [0.25, 0.3) is 0 Å². The molecule has 0 radical (unpaired) electrons. The van der Waals surface area contributed by atoms with E-state index in [1.54, 1.807) is 19.1 Å². The van der Waals surface area contributed by atoms with Crippen LogP contribution in [0.15, 0.2) is 18.2 Å². The van der Waals surface area contributed by atoms with Gasteiger partial charge in [0, 0.05) is 19.7 Å². The van der Waals surface area contributed by atoms with Gasteiger partial charge in [0.15, 0.2) is 11.9 Å². The smallest absolute Gasteiger partial charge is 0.310 e. The van der Waals surface area contributed by atoms with E-state index >= 15 is 0 Å². The molecule has 20 heavy (non-hydrogen) atoms. The van der Waals surface area contributed by atoms with Crippen molar-refractivity contribution < 1.29 is 14.5 Å². The lowest BCUT2D eigenvalue weighted by Crippen LogP contribution is -2.33. The Bertz CT molecular complexity index is 491. The van der Waals surface area contributed by atoms with Gasteiger partial charge in [0.1, 0.15) is 0 Å². The van der Waals surface area contributed by atoms with Crippen molar-refractivity contribution in [3.8, 4) is 5.75 Å². The predicted octanol–water partition coefficient (Wildman–Crippen LogP) is 1.22. The Labute approximate surface area is 117 Å². The molecule has 0 aliphatic heterocycles. The number of hydrogen-bond donors (Lipinski definition) is 2. The number of ether oxygens (including phenoxy) is 1. The van der Waals surface area contributed by atoms with Crippen LogP contribution in [0, 0.1) is 10.1 Å². The van der Waals surface area contributed by atoms with Crippen LogP contribution in [0.4, 0.5) is 5.69 Å². The number of benzene rings is 1. The van der Waals surface area contributed by atoms with Crippen molar-refractivity contribution in [1.82, 2.24) is 10.6 Å². The van der Waals surface area contributed by atoms with Crippen LogP contribution in [-0.4, -0.2) is 30.5 Å². The fourth-order valence-corrected chi connectivity index (χ4v) is 1.63. The summed E-state index contributed by atoms with van der Waals surface area (Å²) in [6.45, 7) is 4.89. The highest BCUT2D eigenvalue weighted by molar-refractivity contribution is 5.80. The molecular weight excluding hydrogens is 262 g/mol. The fourth-order valence-electron chi connectivity index (χ4n) is 1.63. The molecule has 0 bridgehead atoms. The molecule has 1 unspecified atom stereocenters. The van der Waals surface area contributed by atoms with Crippen molar-refractivity contribution in [2.24, 2.45) is 0 Å². The third-order valence-electron chi connectivity index (χ3n) is 2.72. The van der Waals surface area contributed by atoms with Gasteiger partial charge >= 0.3 is 5.69 Å². The molecule has 1 amide bonds. The van der Waals surface area contributed by atoms with Gasteiger partial charge in [-0.15, -0.1) is 0 Å². The first-order valence-corrected chi connectivity index (χ1v) is 6.35. The second-order valence-corrected chi connectivity index (χ2v) is 4.21. The Balaban J connectivity index is 2.99. The highest BCUT2D eigenvalue weighted by Crippen LogP contribution is 2.29. The molecule has 0 saturated carbocycles. The standard InChI is InChI=1S/C13H19N3O4/c1-4-15-8-10-5-6-11(16(18)19)12(7-10)20-9(2)13(17)14-3/h5-7,9,15H,4,8H2,1-3H3,(H,14,17). The number of amides is 1. The summed E-state index contributed by atoms with van der Waals surface area (Å²) < 4.78 is 5.40. The topological polar surface area (TPSA) is 93.5 Å². The fraction of sp³-hybridized carbons (Fsp3) is 0.462. The van der Waals surface area contributed by atoms with E-state index in [0.717, 1.165) is 12.1 Å². The van der Waals surface area contributed by atoms with Gasteiger partial charge in [0.25, 0.3) is 5.91 Å². The highest BCUT2D eigenvalue weighted by atomic mass is 16.6. The Hall–Kier alpha value is -2.15. The Morgan fingerprint density at radius 1 is 1.50 bits per heavy atom. The van der Waals surface area contributed by atoms with Crippen LogP contribution in [-0.2, 0) is 11.3 Å². The minimum Gasteiger partial charge on any atom is -0.474 e. The SMILES string of the molecule is CCNCc1ccc([N+](=O)[O-])c(OC(C)C(=O)NC)c1. The van der Waals surface area contributed by atoms with Gasteiger partial charge in [-0.25, -0.2) is 0 Å². The van der Waals surface area contributed by atoms with Crippen molar-refractivity contribution in [2.45, 2.75) is 26.5 Å². The number of rotatable bonds is 7. The van der Waals surface area contributed by atoms with Crippen LogP contribution in [0.1, 0.15) is 19.4 Å². The van der Waals surface area contributed by atoms with Gasteiger partial charge in [-0.1, -0.05) is 13.0 Å². The zero-order valence-corrected chi connectivity index (χ0v) is 11.8. The molecule has 0 aromatic heterocycles. The van der Waals surface area contributed by atoms with Gasteiger partial charge in [0.05, 0.1) is 4.92 Å². The summed E-state index contributed by atoms with van der Waals surface area (Å²) in [7, 11) is 1.48. The highest BCUT2D eigenvalue weighted by Gasteiger charge is 2.20. The summed E-state index contributed by atoms with van der Waals surface area (Å²) >= 11 is 0. The number of hydrogen-bond acceptors (Lipinski definition) is 5. The number of carbonyl (C=O) groups excluding carboxylic acids is 1. The number of nitro groups is 1. The molecular formula is C13H19N3O4. The average Bonchev–Trinajstić information content (AvgIpc) is 2.43. The minimum absolute atomic E-state index is 0.0986. The minimum atomic E-state index is -0.798. The van der Waals surface area contributed by atoms with Crippen molar-refractivity contribution >= 4 is 11.6 Å². The van der Waals surface area contributed by atoms with Crippen molar-refractivity contribution in [3.63, 3.8) is 0 Å². The number of likely N-dealkylation sites (N-methyl/N-ethyl adjacent to an activating group) is 1. The zero-order valence-electron chi connectivity index (χ0n) is 11.8. The molecule has 1 rings (SSSR count). The summed E-state index contributed by atoms with van der Waals surface area (Å²) in [6, 6.07) is 4.64. The first-order chi connectivity index (χ1) is 9.49. The maximum Gasteiger partial charge on any atom is 0.310 e. The Kier molecular flexibility index (Phi) is 5.92. The number of nitro benzene ring substituents is 1. The first-order valence-electron chi connectivity index (χ1n) is 6.35.